The van der Waals surface area contributed by atoms with Gasteiger partial charge in [-0.3, -0.25) is 9.59 Å². The van der Waals surface area contributed by atoms with Gasteiger partial charge in [-0.1, -0.05) is 12.1 Å². The summed E-state index contributed by atoms with van der Waals surface area (Å²) >= 11 is 0. The van der Waals surface area contributed by atoms with Crippen molar-refractivity contribution in [1.29, 1.82) is 0 Å². The van der Waals surface area contributed by atoms with Gasteiger partial charge in [-0.2, -0.15) is 0 Å². The van der Waals surface area contributed by atoms with Crippen molar-refractivity contribution in [3.8, 4) is 17.2 Å². The topological polar surface area (TPSA) is 94.5 Å². The van der Waals surface area contributed by atoms with Crippen LogP contribution in [0.1, 0.15) is 30.0 Å². The smallest absolute Gasteiger partial charge is 0.295 e. The number of ketones is 1. The molecule has 3 aliphatic rings. The summed E-state index contributed by atoms with van der Waals surface area (Å²) < 4.78 is 22.3. The molecule has 2 aromatic carbocycles. The summed E-state index contributed by atoms with van der Waals surface area (Å²) in [5, 5.41) is 11.3. The van der Waals surface area contributed by atoms with Crippen molar-refractivity contribution in [1.82, 2.24) is 4.90 Å². The maximum atomic E-state index is 13.2. The van der Waals surface area contributed by atoms with Crippen molar-refractivity contribution >= 4 is 17.4 Å². The average molecular weight is 451 g/mol. The number of hydrogen-bond donors (Lipinski definition) is 1. The Labute approximate surface area is 191 Å². The monoisotopic (exact) mass is 451 g/mol. The molecule has 172 valence electrons. The molecular formula is C25H25NO7. The van der Waals surface area contributed by atoms with Crippen molar-refractivity contribution in [3.63, 3.8) is 0 Å². The number of nitrogens with zero attached hydrogens (tertiary/aromatic N) is 1. The third kappa shape index (κ3) is 3.91. The molecule has 0 radical (unpaired) electrons. The first-order chi connectivity index (χ1) is 16.1. The predicted octanol–water partition coefficient (Wildman–Crippen LogP) is 3.07. The second kappa shape index (κ2) is 8.78. The minimum Gasteiger partial charge on any atom is -0.507 e. The maximum absolute atomic E-state index is 13.2. The first-order valence-electron chi connectivity index (χ1n) is 11.0. The van der Waals surface area contributed by atoms with Crippen LogP contribution in [0.4, 0.5) is 0 Å². The Morgan fingerprint density at radius 1 is 1.09 bits per heavy atom. The van der Waals surface area contributed by atoms with Gasteiger partial charge in [-0.15, -0.1) is 0 Å². The fraction of sp³-hybridized carbons (Fsp3) is 0.360. The van der Waals surface area contributed by atoms with E-state index in [0.717, 1.165) is 12.8 Å². The van der Waals surface area contributed by atoms with Gasteiger partial charge in [0, 0.05) is 18.7 Å². The Balaban J connectivity index is 1.61. The Morgan fingerprint density at radius 3 is 2.67 bits per heavy atom. The van der Waals surface area contributed by atoms with E-state index in [1.54, 1.807) is 43.5 Å². The molecular weight excluding hydrogens is 426 g/mol. The number of fused-ring (bicyclic) bond motifs is 1. The molecule has 3 aliphatic heterocycles. The molecule has 0 aliphatic carbocycles. The van der Waals surface area contributed by atoms with Crippen LogP contribution in [0.5, 0.6) is 17.2 Å². The minimum atomic E-state index is -0.766. The number of Topliss-reactive ketones (excluding diaryl/α,β-unsaturated/α-hetero) is 1. The van der Waals surface area contributed by atoms with Crippen molar-refractivity contribution in [2.45, 2.75) is 25.0 Å². The second-order valence-electron chi connectivity index (χ2n) is 8.22. The zero-order valence-corrected chi connectivity index (χ0v) is 18.3. The van der Waals surface area contributed by atoms with E-state index in [9.17, 15) is 14.7 Å². The molecule has 2 atom stereocenters. The summed E-state index contributed by atoms with van der Waals surface area (Å²) in [5.74, 6) is 0.00549. The molecule has 2 saturated heterocycles. The number of likely N-dealkylation sites (tertiary alicyclic amines) is 1. The highest BCUT2D eigenvalue weighted by Crippen LogP contribution is 2.42. The molecule has 2 aromatic rings. The molecule has 5 rings (SSSR count). The van der Waals surface area contributed by atoms with Gasteiger partial charge >= 0.3 is 0 Å². The van der Waals surface area contributed by atoms with Crippen LogP contribution in [0.3, 0.4) is 0 Å². The molecule has 1 amide bonds. The van der Waals surface area contributed by atoms with Gasteiger partial charge in [0.05, 0.1) is 24.8 Å². The van der Waals surface area contributed by atoms with E-state index in [1.807, 2.05) is 6.07 Å². The molecule has 0 spiro atoms. The highest BCUT2D eigenvalue weighted by atomic mass is 16.6. The molecule has 0 aromatic heterocycles. The van der Waals surface area contributed by atoms with E-state index < -0.39 is 17.7 Å². The number of aliphatic hydroxyl groups excluding tert-OH is 1. The van der Waals surface area contributed by atoms with Gasteiger partial charge in [0.25, 0.3) is 11.7 Å². The zero-order valence-electron chi connectivity index (χ0n) is 18.3. The number of aliphatic hydroxyl groups is 1. The Morgan fingerprint density at radius 2 is 1.91 bits per heavy atom. The second-order valence-corrected chi connectivity index (χ2v) is 8.22. The largest absolute Gasteiger partial charge is 0.507 e. The SMILES string of the molecule is COc1cccc([C@H]2C(=C(O)c3ccc4c(c3)OCCO4)C(=O)C(=O)N2C[C@H]2CCCO2)c1. The lowest BCUT2D eigenvalue weighted by Crippen LogP contribution is -2.36. The van der Waals surface area contributed by atoms with Crippen LogP contribution in [0.15, 0.2) is 48.0 Å². The van der Waals surface area contributed by atoms with E-state index in [-0.39, 0.29) is 24.0 Å². The zero-order chi connectivity index (χ0) is 22.9. The Kier molecular flexibility index (Phi) is 5.68. The fourth-order valence-electron chi connectivity index (χ4n) is 4.58. The third-order valence-electron chi connectivity index (χ3n) is 6.19. The molecule has 2 fully saturated rings. The van der Waals surface area contributed by atoms with Crippen LogP contribution >= 0.6 is 0 Å². The van der Waals surface area contributed by atoms with Crippen LogP contribution in [-0.4, -0.2) is 61.3 Å². The molecule has 0 bridgehead atoms. The van der Waals surface area contributed by atoms with Crippen LogP contribution in [0, 0.1) is 0 Å². The van der Waals surface area contributed by atoms with E-state index in [4.69, 9.17) is 18.9 Å². The number of ether oxygens (including phenoxy) is 4. The number of amides is 1. The summed E-state index contributed by atoms with van der Waals surface area (Å²) in [6.07, 6.45) is 1.58. The van der Waals surface area contributed by atoms with Gasteiger partial charge in [0.15, 0.2) is 11.5 Å². The number of benzene rings is 2. The Hall–Kier alpha value is -3.52. The predicted molar refractivity (Wildman–Crippen MR) is 118 cm³/mol. The average Bonchev–Trinajstić information content (AvgIpc) is 3.45. The standard InChI is InChI=1S/C25H25NO7/c1-30-17-5-2-4-15(12-17)22-21(24(28)25(29)26(22)14-18-6-3-9-31-18)23(27)16-7-8-19-20(13-16)33-11-10-32-19/h2,4-5,7-8,12-13,18,22,27H,3,6,9-11,14H2,1H3/t18-,22+/m1/s1. The van der Waals surface area contributed by atoms with E-state index in [0.29, 0.717) is 48.2 Å². The summed E-state index contributed by atoms with van der Waals surface area (Å²) in [6, 6.07) is 11.4. The summed E-state index contributed by atoms with van der Waals surface area (Å²) in [6.45, 7) is 1.75. The highest BCUT2D eigenvalue weighted by Gasteiger charge is 2.47. The van der Waals surface area contributed by atoms with Gasteiger partial charge < -0.3 is 29.0 Å². The van der Waals surface area contributed by atoms with Crippen molar-refractivity contribution in [2.75, 3.05) is 33.5 Å². The van der Waals surface area contributed by atoms with Crippen LogP contribution < -0.4 is 14.2 Å². The Bertz CT molecular complexity index is 1120. The summed E-state index contributed by atoms with van der Waals surface area (Å²) in [7, 11) is 1.55. The first-order valence-corrected chi connectivity index (χ1v) is 11.0. The van der Waals surface area contributed by atoms with Crippen molar-refractivity contribution < 1.29 is 33.6 Å². The third-order valence-corrected chi connectivity index (χ3v) is 6.19. The van der Waals surface area contributed by atoms with Gasteiger partial charge in [0.1, 0.15) is 24.7 Å². The van der Waals surface area contributed by atoms with Gasteiger partial charge in [-0.25, -0.2) is 0 Å². The van der Waals surface area contributed by atoms with Crippen molar-refractivity contribution in [3.05, 3.63) is 59.2 Å². The molecule has 33 heavy (non-hydrogen) atoms. The summed E-state index contributed by atoms with van der Waals surface area (Å²) in [5.41, 5.74) is 1.08. The van der Waals surface area contributed by atoms with E-state index in [1.165, 1.54) is 4.90 Å². The molecule has 0 saturated carbocycles. The van der Waals surface area contributed by atoms with Crippen LogP contribution in [0.25, 0.3) is 5.76 Å². The van der Waals surface area contributed by atoms with Gasteiger partial charge in [0.2, 0.25) is 0 Å². The molecule has 0 unspecified atom stereocenters. The number of carbonyl (C=O) groups excluding carboxylic acids is 2. The van der Waals surface area contributed by atoms with Gasteiger partial charge in [-0.05, 0) is 48.7 Å². The fourth-order valence-corrected chi connectivity index (χ4v) is 4.58. The minimum absolute atomic E-state index is 0.0305. The van der Waals surface area contributed by atoms with E-state index in [2.05, 4.69) is 0 Å². The van der Waals surface area contributed by atoms with E-state index >= 15 is 0 Å². The maximum Gasteiger partial charge on any atom is 0.295 e. The van der Waals surface area contributed by atoms with Crippen molar-refractivity contribution in [2.24, 2.45) is 0 Å². The lowest BCUT2D eigenvalue weighted by Gasteiger charge is -2.27. The number of carbonyl (C=O) groups is 2. The lowest BCUT2D eigenvalue weighted by molar-refractivity contribution is -0.140. The molecule has 8 nitrogen and oxygen atoms in total. The van der Waals surface area contributed by atoms with Crippen LogP contribution in [-0.2, 0) is 14.3 Å². The highest BCUT2D eigenvalue weighted by molar-refractivity contribution is 6.46. The number of hydrogen-bond acceptors (Lipinski definition) is 7. The van der Waals surface area contributed by atoms with Crippen LogP contribution in [0.2, 0.25) is 0 Å². The molecule has 8 heteroatoms. The number of methoxy groups -OCH3 is 1. The number of rotatable bonds is 5. The quantitative estimate of drug-likeness (QED) is 0.424. The normalized spacial score (nSPS) is 23.7. The molecule has 1 N–H and O–H groups in total. The first kappa shape index (κ1) is 21.3. The lowest BCUT2D eigenvalue weighted by atomic mass is 9.95. The summed E-state index contributed by atoms with van der Waals surface area (Å²) in [4.78, 5) is 27.8. The molecule has 3 heterocycles.